The van der Waals surface area contributed by atoms with E-state index in [1.54, 1.807) is 0 Å². The molecule has 0 unspecified atom stereocenters. The highest BCUT2D eigenvalue weighted by Gasteiger charge is 2.54. The average molecular weight is 588 g/mol. The molecule has 1 aliphatic carbocycles. The minimum Gasteiger partial charge on any atom is -0.365 e. The number of likely N-dealkylation sites (tertiary alicyclic amines) is 1. The molecule has 0 atom stereocenters. The smallest absolute Gasteiger partial charge is 0.245 e. The number of aromatic amines is 1. The summed E-state index contributed by atoms with van der Waals surface area (Å²) in [5.74, 6) is 0.992. The van der Waals surface area contributed by atoms with Crippen LogP contribution in [0, 0.1) is 19.3 Å². The number of piperazine rings is 1. The van der Waals surface area contributed by atoms with E-state index < -0.39 is 0 Å². The summed E-state index contributed by atoms with van der Waals surface area (Å²) in [6.07, 6.45) is 9.33. The minimum absolute atomic E-state index is 0.0230. The van der Waals surface area contributed by atoms with Crippen LogP contribution in [-0.2, 0) is 11.8 Å². The van der Waals surface area contributed by atoms with Crippen molar-refractivity contribution in [2.24, 2.45) is 12.5 Å². The summed E-state index contributed by atoms with van der Waals surface area (Å²) >= 11 is 7.14. The predicted molar refractivity (Wildman–Crippen MR) is 166 cm³/mol. The Balaban J connectivity index is 1.29. The fraction of sp³-hybridized carbons (Fsp3) is 0.484. The molecule has 0 radical (unpaired) electrons. The Kier molecular flexibility index (Phi) is 6.03. The summed E-state index contributed by atoms with van der Waals surface area (Å²) in [6.45, 7) is 16.6. The number of H-pyrrole nitrogens is 1. The lowest BCUT2D eigenvalue weighted by molar-refractivity contribution is -0.149. The van der Waals surface area contributed by atoms with E-state index in [4.69, 9.17) is 16.7 Å². The van der Waals surface area contributed by atoms with Gasteiger partial charge in [0.2, 0.25) is 5.91 Å². The lowest BCUT2D eigenvalue weighted by Gasteiger charge is -2.58. The van der Waals surface area contributed by atoms with Gasteiger partial charge in [-0.3, -0.25) is 19.3 Å². The Morgan fingerprint density at radius 3 is 2.57 bits per heavy atom. The molecule has 0 bridgehead atoms. The zero-order valence-electron chi connectivity index (χ0n) is 25.0. The Morgan fingerprint density at radius 2 is 1.90 bits per heavy atom. The van der Waals surface area contributed by atoms with Gasteiger partial charge in [-0.2, -0.15) is 15.3 Å². The van der Waals surface area contributed by atoms with Gasteiger partial charge in [-0.1, -0.05) is 18.2 Å². The lowest BCUT2D eigenvalue weighted by atomic mass is 9.60. The fourth-order valence-corrected chi connectivity index (χ4v) is 7.80. The number of carbonyl (C=O) groups excluding carboxylic acids is 1. The van der Waals surface area contributed by atoms with Crippen molar-refractivity contribution in [2.45, 2.75) is 52.1 Å². The molecule has 7 rings (SSSR count). The van der Waals surface area contributed by atoms with Crippen molar-refractivity contribution >= 4 is 39.9 Å². The summed E-state index contributed by atoms with van der Waals surface area (Å²) < 4.78 is 4.09. The molecule has 1 aromatic carbocycles. The van der Waals surface area contributed by atoms with Gasteiger partial charge in [-0.15, -0.1) is 0 Å². The van der Waals surface area contributed by atoms with Gasteiger partial charge in [0, 0.05) is 73.6 Å². The van der Waals surface area contributed by atoms with E-state index >= 15 is 0 Å². The first-order chi connectivity index (χ1) is 20.0. The molecule has 3 aliphatic rings. The SMILES string of the molecule is C=CC(=O)N1CC2(CC(n3nc(N4CCN(c5cnn(C)c5)CC4(C)C)c(-c4c(Cl)c(C)cc5[nH]ncc45)c3C)C2)C1. The number of hydrogen-bond donors (Lipinski definition) is 1. The number of nitrogens with one attached hydrogen (secondary N) is 1. The van der Waals surface area contributed by atoms with Crippen molar-refractivity contribution in [1.82, 2.24) is 34.7 Å². The van der Waals surface area contributed by atoms with Crippen molar-refractivity contribution < 1.29 is 4.79 Å². The number of anilines is 2. The van der Waals surface area contributed by atoms with Gasteiger partial charge < -0.3 is 14.7 Å². The number of nitrogens with zero attached hydrogens (tertiary/aromatic N) is 8. The van der Waals surface area contributed by atoms with Crippen molar-refractivity contribution in [2.75, 3.05) is 42.5 Å². The first-order valence-corrected chi connectivity index (χ1v) is 15.0. The maximum atomic E-state index is 12.1. The molecule has 3 aromatic heterocycles. The van der Waals surface area contributed by atoms with Crippen LogP contribution >= 0.6 is 11.6 Å². The van der Waals surface area contributed by atoms with Crippen molar-refractivity contribution in [3.8, 4) is 11.1 Å². The second-order valence-corrected chi connectivity index (χ2v) is 13.5. The minimum atomic E-state index is -0.208. The Bertz CT molecular complexity index is 1720. The van der Waals surface area contributed by atoms with Gasteiger partial charge in [-0.05, 0) is 58.2 Å². The average Bonchev–Trinajstić information content (AvgIpc) is 3.62. The zero-order valence-corrected chi connectivity index (χ0v) is 25.7. The third-order valence-electron chi connectivity index (χ3n) is 9.68. The van der Waals surface area contributed by atoms with Crippen LogP contribution in [0.25, 0.3) is 22.0 Å². The van der Waals surface area contributed by atoms with Crippen molar-refractivity contribution in [3.05, 3.63) is 53.6 Å². The highest BCUT2D eigenvalue weighted by atomic mass is 35.5. The number of aryl methyl sites for hydroxylation is 2. The molecule has 42 heavy (non-hydrogen) atoms. The predicted octanol–water partition coefficient (Wildman–Crippen LogP) is 4.88. The summed E-state index contributed by atoms with van der Waals surface area (Å²) in [7, 11) is 1.96. The summed E-state index contributed by atoms with van der Waals surface area (Å²) in [4.78, 5) is 18.8. The normalized spacial score (nSPS) is 19.8. The van der Waals surface area contributed by atoms with Crippen LogP contribution in [0.5, 0.6) is 0 Å². The number of fused-ring (bicyclic) bond motifs is 1. The van der Waals surface area contributed by atoms with E-state index in [1.807, 2.05) is 35.9 Å². The van der Waals surface area contributed by atoms with Gasteiger partial charge in [-0.25, -0.2) is 0 Å². The van der Waals surface area contributed by atoms with Gasteiger partial charge >= 0.3 is 0 Å². The highest BCUT2D eigenvalue weighted by molar-refractivity contribution is 6.36. The van der Waals surface area contributed by atoms with E-state index in [-0.39, 0.29) is 22.9 Å². The molecule has 1 spiro atoms. The summed E-state index contributed by atoms with van der Waals surface area (Å²) in [5.41, 5.74) is 6.28. The highest BCUT2D eigenvalue weighted by Crippen LogP contribution is 2.55. The monoisotopic (exact) mass is 587 g/mol. The Hall–Kier alpha value is -3.79. The van der Waals surface area contributed by atoms with E-state index in [1.165, 1.54) is 6.08 Å². The van der Waals surface area contributed by atoms with Crippen LogP contribution in [0.2, 0.25) is 5.02 Å². The quantitative estimate of drug-likeness (QED) is 0.335. The second-order valence-electron chi connectivity index (χ2n) is 13.2. The molecule has 10 nitrogen and oxygen atoms in total. The van der Waals surface area contributed by atoms with Gasteiger partial charge in [0.25, 0.3) is 0 Å². The number of hydrogen-bond acceptors (Lipinski definition) is 6. The molecule has 5 heterocycles. The maximum absolute atomic E-state index is 12.1. The molecular formula is C31H38ClN9O. The standard InChI is InChI=1S/C31H38ClN9O/c1-7-25(42)39-17-31(18-39)11-21(12-31)41-20(3)26(27-23-14-33-35-24(23)10-19(2)28(27)32)29(36-41)40-9-8-38(16-30(40,4)5)22-13-34-37(6)15-22/h7,10,13-15,21H,1,8-9,11-12,16-18H2,2-6H3,(H,33,35). The second kappa shape index (κ2) is 9.36. The van der Waals surface area contributed by atoms with Crippen LogP contribution in [0.4, 0.5) is 11.5 Å². The number of rotatable bonds is 5. The molecular weight excluding hydrogens is 550 g/mol. The van der Waals surface area contributed by atoms with E-state index in [9.17, 15) is 4.79 Å². The molecule has 1 N–H and O–H groups in total. The van der Waals surface area contributed by atoms with Gasteiger partial charge in [0.1, 0.15) is 0 Å². The summed E-state index contributed by atoms with van der Waals surface area (Å²) in [5, 5.41) is 19.1. The van der Waals surface area contributed by atoms with Crippen LogP contribution in [0.3, 0.4) is 0 Å². The molecule has 220 valence electrons. The lowest BCUT2D eigenvalue weighted by Crippen LogP contribution is -2.63. The molecule has 3 fully saturated rings. The number of benzene rings is 1. The maximum Gasteiger partial charge on any atom is 0.245 e. The molecule has 1 amide bonds. The first kappa shape index (κ1) is 27.1. The van der Waals surface area contributed by atoms with Crippen molar-refractivity contribution in [1.29, 1.82) is 0 Å². The Labute approximate surface area is 250 Å². The van der Waals surface area contributed by atoms with Crippen LogP contribution < -0.4 is 9.80 Å². The first-order valence-electron chi connectivity index (χ1n) is 14.6. The van der Waals surface area contributed by atoms with Crippen molar-refractivity contribution in [3.63, 3.8) is 0 Å². The molecule has 4 aromatic rings. The molecule has 1 saturated carbocycles. The number of carbonyl (C=O) groups is 1. The van der Waals surface area contributed by atoms with E-state index in [0.29, 0.717) is 0 Å². The zero-order chi connectivity index (χ0) is 29.6. The summed E-state index contributed by atoms with van der Waals surface area (Å²) in [6, 6.07) is 2.34. The fourth-order valence-electron chi connectivity index (χ4n) is 7.54. The molecule has 11 heteroatoms. The number of aromatic nitrogens is 6. The largest absolute Gasteiger partial charge is 0.365 e. The molecule has 2 aliphatic heterocycles. The number of halogens is 1. The van der Waals surface area contributed by atoms with Crippen LogP contribution in [0.15, 0.2) is 37.3 Å². The van der Waals surface area contributed by atoms with Crippen LogP contribution in [0.1, 0.15) is 44.0 Å². The van der Waals surface area contributed by atoms with Gasteiger partial charge in [0.05, 0.1) is 40.2 Å². The van der Waals surface area contributed by atoms with Gasteiger partial charge in [0.15, 0.2) is 5.82 Å². The molecule has 2 saturated heterocycles. The third kappa shape index (κ3) is 4.06. The van der Waals surface area contributed by atoms with E-state index in [0.717, 1.165) is 95.4 Å². The topological polar surface area (TPSA) is 91.1 Å². The Morgan fingerprint density at radius 1 is 1.14 bits per heavy atom. The van der Waals surface area contributed by atoms with Crippen LogP contribution in [-0.4, -0.2) is 78.8 Å². The number of amides is 1. The third-order valence-corrected chi connectivity index (χ3v) is 10.2. The van der Waals surface area contributed by atoms with E-state index in [2.05, 4.69) is 69.4 Å².